The lowest BCUT2D eigenvalue weighted by Crippen LogP contribution is -2.57. The van der Waals surface area contributed by atoms with Crippen molar-refractivity contribution in [2.75, 3.05) is 40.4 Å². The van der Waals surface area contributed by atoms with Gasteiger partial charge in [0.2, 0.25) is 10.0 Å². The van der Waals surface area contributed by atoms with E-state index in [1.807, 2.05) is 38.1 Å². The highest BCUT2D eigenvalue weighted by Gasteiger charge is 2.58. The molecule has 41 heavy (non-hydrogen) atoms. The Bertz CT molecular complexity index is 1400. The molecule has 0 saturated carbocycles. The summed E-state index contributed by atoms with van der Waals surface area (Å²) in [6.07, 6.45) is 0.923. The van der Waals surface area contributed by atoms with Crippen LogP contribution in [0.25, 0.3) is 0 Å². The van der Waals surface area contributed by atoms with E-state index in [0.717, 1.165) is 11.3 Å². The van der Waals surface area contributed by atoms with Gasteiger partial charge in [-0.2, -0.15) is 4.31 Å². The first-order chi connectivity index (χ1) is 19.4. The third-order valence-electron chi connectivity index (χ3n) is 7.95. The van der Waals surface area contributed by atoms with Crippen LogP contribution in [0.5, 0.6) is 5.75 Å². The lowest BCUT2D eigenvalue weighted by molar-refractivity contribution is -0.139. The quantitative estimate of drug-likeness (QED) is 0.310. The molecule has 1 spiro atoms. The molecule has 0 unspecified atom stereocenters. The monoisotopic (exact) mass is 585 g/mol. The average Bonchev–Trinajstić information content (AvgIpc) is 3.13. The van der Waals surface area contributed by atoms with Crippen molar-refractivity contribution in [3.63, 3.8) is 0 Å². The van der Waals surface area contributed by atoms with Gasteiger partial charge in [0.15, 0.2) is 0 Å². The number of carbonyl (C=O) groups excluding carboxylic acids is 3. The first-order valence-corrected chi connectivity index (χ1v) is 15.3. The van der Waals surface area contributed by atoms with Gasteiger partial charge >= 0.3 is 12.0 Å². The van der Waals surface area contributed by atoms with Crippen molar-refractivity contribution in [3.05, 3.63) is 59.2 Å². The molecule has 2 aromatic carbocycles. The molecule has 2 heterocycles. The van der Waals surface area contributed by atoms with Gasteiger partial charge in [-0.05, 0) is 67.0 Å². The fourth-order valence-corrected chi connectivity index (χ4v) is 7.36. The molecule has 222 valence electrons. The third kappa shape index (κ3) is 6.11. The van der Waals surface area contributed by atoms with E-state index in [-0.39, 0.29) is 55.1 Å². The van der Waals surface area contributed by atoms with Crippen LogP contribution in [0.4, 0.5) is 4.79 Å². The largest absolute Gasteiger partial charge is 0.497 e. The fraction of sp³-hybridized carbons (Fsp3) is 0.500. The van der Waals surface area contributed by atoms with Crippen molar-refractivity contribution in [1.29, 1.82) is 0 Å². The van der Waals surface area contributed by atoms with Crippen LogP contribution >= 0.6 is 0 Å². The molecule has 0 bridgehead atoms. The number of ether oxygens (including phenoxy) is 2. The lowest BCUT2D eigenvalue weighted by Gasteiger charge is -2.41. The van der Waals surface area contributed by atoms with Crippen LogP contribution in [0.1, 0.15) is 43.4 Å². The molecule has 0 N–H and O–H groups in total. The summed E-state index contributed by atoms with van der Waals surface area (Å²) in [5, 5.41) is 0. The van der Waals surface area contributed by atoms with E-state index in [9.17, 15) is 22.8 Å². The Hall–Kier alpha value is -3.44. The molecule has 10 nitrogen and oxygen atoms in total. The van der Waals surface area contributed by atoms with E-state index in [2.05, 4.69) is 0 Å². The van der Waals surface area contributed by atoms with Crippen LogP contribution in [-0.4, -0.2) is 86.4 Å². The molecule has 2 saturated heterocycles. The SMILES string of the molecule is COC(=O)Cc1ccc(C)c(S(=O)(=O)N2CCC3(CC2)C(=O)N(CC(C)C)C(=O)N3CCc2ccc(OC)cc2)c1. The number of aryl methyl sites for hydroxylation is 1. The fourth-order valence-electron chi connectivity index (χ4n) is 5.64. The Balaban J connectivity index is 1.57. The molecule has 2 aromatic rings. The molecule has 0 aromatic heterocycles. The maximum absolute atomic E-state index is 13.8. The van der Waals surface area contributed by atoms with Crippen molar-refractivity contribution >= 4 is 27.9 Å². The molecular formula is C30H39N3O7S. The number of piperidine rings is 1. The summed E-state index contributed by atoms with van der Waals surface area (Å²) >= 11 is 0. The van der Waals surface area contributed by atoms with E-state index in [4.69, 9.17) is 9.47 Å². The van der Waals surface area contributed by atoms with Gasteiger partial charge in [0.05, 0.1) is 25.5 Å². The average molecular weight is 586 g/mol. The highest BCUT2D eigenvalue weighted by atomic mass is 32.2. The zero-order valence-corrected chi connectivity index (χ0v) is 25.2. The maximum atomic E-state index is 13.8. The molecule has 3 amide bonds. The minimum absolute atomic E-state index is 0.0339. The van der Waals surface area contributed by atoms with Gasteiger partial charge in [0, 0.05) is 26.2 Å². The summed E-state index contributed by atoms with van der Waals surface area (Å²) in [7, 11) is -1.02. The van der Waals surface area contributed by atoms with Gasteiger partial charge in [0.1, 0.15) is 11.3 Å². The van der Waals surface area contributed by atoms with Gasteiger partial charge in [0.25, 0.3) is 5.91 Å². The van der Waals surface area contributed by atoms with Crippen LogP contribution in [0, 0.1) is 12.8 Å². The highest BCUT2D eigenvalue weighted by Crippen LogP contribution is 2.39. The Labute approximate surface area is 242 Å². The topological polar surface area (TPSA) is 114 Å². The van der Waals surface area contributed by atoms with Crippen LogP contribution in [0.2, 0.25) is 0 Å². The number of imide groups is 1. The van der Waals surface area contributed by atoms with E-state index in [0.29, 0.717) is 30.6 Å². The van der Waals surface area contributed by atoms with Crippen molar-refractivity contribution < 1.29 is 32.3 Å². The molecule has 11 heteroatoms. The minimum Gasteiger partial charge on any atom is -0.497 e. The van der Waals surface area contributed by atoms with Crippen molar-refractivity contribution in [2.45, 2.75) is 56.9 Å². The second kappa shape index (κ2) is 12.2. The Kier molecular flexibility index (Phi) is 9.08. The maximum Gasteiger partial charge on any atom is 0.327 e. The number of sulfonamides is 1. The van der Waals surface area contributed by atoms with Gasteiger partial charge in [-0.3, -0.25) is 14.5 Å². The van der Waals surface area contributed by atoms with Gasteiger partial charge in [-0.1, -0.05) is 38.1 Å². The van der Waals surface area contributed by atoms with E-state index >= 15 is 0 Å². The second-order valence-corrected chi connectivity index (χ2v) is 13.0. The smallest absolute Gasteiger partial charge is 0.327 e. The lowest BCUT2D eigenvalue weighted by atomic mass is 9.86. The third-order valence-corrected chi connectivity index (χ3v) is 9.99. The summed E-state index contributed by atoms with van der Waals surface area (Å²) in [6, 6.07) is 12.2. The predicted molar refractivity (Wildman–Crippen MR) is 153 cm³/mol. The molecule has 2 fully saturated rings. The summed E-state index contributed by atoms with van der Waals surface area (Å²) in [4.78, 5) is 42.3. The summed E-state index contributed by atoms with van der Waals surface area (Å²) < 4.78 is 38.8. The van der Waals surface area contributed by atoms with Crippen molar-refractivity contribution in [2.24, 2.45) is 5.92 Å². The molecule has 2 aliphatic heterocycles. The number of urea groups is 1. The zero-order valence-electron chi connectivity index (χ0n) is 24.4. The number of rotatable bonds is 10. The zero-order chi connectivity index (χ0) is 29.9. The standard InChI is InChI=1S/C30H39N3O7S/c1-21(2)20-32-28(35)30(33(29(32)36)15-12-23-8-10-25(39-4)11-9-23)13-16-31(17-14-30)41(37,38)26-18-24(7-6-22(26)3)19-27(34)40-5/h6-11,18,21H,12-17,19-20H2,1-5H3. The first-order valence-electron chi connectivity index (χ1n) is 13.9. The number of hydrogen-bond donors (Lipinski definition) is 0. The van der Waals surface area contributed by atoms with E-state index in [1.54, 1.807) is 31.1 Å². The molecule has 0 atom stereocenters. The van der Waals surface area contributed by atoms with Crippen LogP contribution in [0.3, 0.4) is 0 Å². The number of amides is 3. The molecular weight excluding hydrogens is 546 g/mol. The molecule has 4 rings (SSSR count). The van der Waals surface area contributed by atoms with Crippen LogP contribution < -0.4 is 4.74 Å². The Morgan fingerprint density at radius 3 is 2.22 bits per heavy atom. The minimum atomic E-state index is -3.91. The van der Waals surface area contributed by atoms with E-state index < -0.39 is 21.5 Å². The number of hydrogen-bond acceptors (Lipinski definition) is 7. The summed E-state index contributed by atoms with van der Waals surface area (Å²) in [5.74, 6) is 0.129. The summed E-state index contributed by atoms with van der Waals surface area (Å²) in [6.45, 7) is 6.47. The van der Waals surface area contributed by atoms with E-state index in [1.165, 1.54) is 22.4 Å². The Morgan fingerprint density at radius 1 is 1.00 bits per heavy atom. The number of methoxy groups -OCH3 is 2. The van der Waals surface area contributed by atoms with Gasteiger partial charge in [-0.15, -0.1) is 0 Å². The number of benzene rings is 2. The van der Waals surface area contributed by atoms with Gasteiger partial charge < -0.3 is 14.4 Å². The van der Waals surface area contributed by atoms with Crippen LogP contribution in [-0.2, 0) is 37.2 Å². The molecule has 0 radical (unpaired) electrons. The molecule has 0 aliphatic carbocycles. The normalized spacial score (nSPS) is 17.5. The van der Waals surface area contributed by atoms with Crippen molar-refractivity contribution in [3.8, 4) is 5.75 Å². The first kappa shape index (κ1) is 30.5. The number of carbonyl (C=O) groups is 3. The van der Waals surface area contributed by atoms with Crippen LogP contribution in [0.15, 0.2) is 47.4 Å². The van der Waals surface area contributed by atoms with Gasteiger partial charge in [-0.25, -0.2) is 13.2 Å². The van der Waals surface area contributed by atoms with Crippen molar-refractivity contribution in [1.82, 2.24) is 14.1 Å². The summed E-state index contributed by atoms with van der Waals surface area (Å²) in [5.41, 5.74) is 1.02. The Morgan fingerprint density at radius 2 is 1.63 bits per heavy atom. The second-order valence-electron chi connectivity index (χ2n) is 11.1. The predicted octanol–water partition coefficient (Wildman–Crippen LogP) is 3.41. The number of esters is 1. The highest BCUT2D eigenvalue weighted by molar-refractivity contribution is 7.89. The molecule has 2 aliphatic rings. The number of nitrogens with zero attached hydrogens (tertiary/aromatic N) is 3.